The Morgan fingerprint density at radius 2 is 1.93 bits per heavy atom. The van der Waals surface area contributed by atoms with E-state index in [1.807, 2.05) is 47.7 Å². The van der Waals surface area contributed by atoms with Crippen molar-refractivity contribution in [2.24, 2.45) is 0 Å². The van der Waals surface area contributed by atoms with Crippen LogP contribution in [0.25, 0.3) is 16.7 Å². The van der Waals surface area contributed by atoms with Gasteiger partial charge in [0.25, 0.3) is 5.91 Å². The summed E-state index contributed by atoms with van der Waals surface area (Å²) in [5, 5.41) is 11.6. The lowest BCUT2D eigenvalue weighted by Gasteiger charge is -2.26. The van der Waals surface area contributed by atoms with Crippen LogP contribution < -0.4 is 5.32 Å². The van der Waals surface area contributed by atoms with E-state index in [1.165, 1.54) is 6.42 Å². The largest absolute Gasteiger partial charge is 0.348 e. The van der Waals surface area contributed by atoms with Gasteiger partial charge in [0.05, 0.1) is 11.0 Å². The first-order valence-electron chi connectivity index (χ1n) is 9.39. The quantitative estimate of drug-likeness (QED) is 0.608. The molecule has 4 aromatic rings. The summed E-state index contributed by atoms with van der Waals surface area (Å²) < 4.78 is 4.11. The molecule has 0 unspecified atom stereocenters. The summed E-state index contributed by atoms with van der Waals surface area (Å²) in [6.45, 7) is 2.58. The van der Waals surface area contributed by atoms with Crippen LogP contribution in [0.1, 0.15) is 41.1 Å². The van der Waals surface area contributed by atoms with Crippen molar-refractivity contribution in [3.63, 3.8) is 0 Å². The molecule has 0 atom stereocenters. The van der Waals surface area contributed by atoms with Crippen molar-refractivity contribution in [3.8, 4) is 0 Å². The molecule has 0 aliphatic heterocycles. The van der Waals surface area contributed by atoms with Crippen LogP contribution in [0.4, 0.5) is 0 Å². The van der Waals surface area contributed by atoms with Crippen LogP contribution in [0.2, 0.25) is 0 Å². The third-order valence-electron chi connectivity index (χ3n) is 5.46. The fraction of sp³-hybridized carbons (Fsp3) is 0.286. The number of pyridine rings is 1. The predicted molar refractivity (Wildman–Crippen MR) is 104 cm³/mol. The Morgan fingerprint density at radius 3 is 2.67 bits per heavy atom. The lowest BCUT2D eigenvalue weighted by atomic mass is 9.93. The highest BCUT2D eigenvalue weighted by molar-refractivity contribution is 5.98. The number of rotatable bonds is 4. The van der Waals surface area contributed by atoms with Crippen molar-refractivity contribution in [2.45, 2.75) is 38.8 Å². The second-order valence-electron chi connectivity index (χ2n) is 7.25. The molecular formula is C21H21N5O. The van der Waals surface area contributed by atoms with Crippen molar-refractivity contribution in [3.05, 3.63) is 65.6 Å². The van der Waals surface area contributed by atoms with Crippen molar-refractivity contribution in [1.82, 2.24) is 24.5 Å². The monoisotopic (exact) mass is 359 g/mol. The van der Waals surface area contributed by atoms with E-state index in [1.54, 1.807) is 0 Å². The zero-order valence-electron chi connectivity index (χ0n) is 15.2. The number of aryl methyl sites for hydroxylation is 1. The molecular weight excluding hydrogens is 338 g/mol. The van der Waals surface area contributed by atoms with Crippen LogP contribution >= 0.6 is 0 Å². The van der Waals surface area contributed by atoms with Gasteiger partial charge in [0.1, 0.15) is 11.5 Å². The van der Waals surface area contributed by atoms with Crippen molar-refractivity contribution in [2.75, 3.05) is 0 Å². The topological polar surface area (TPSA) is 64.2 Å². The SMILES string of the molecule is Cc1nnc2ccc3c(cc(C(=O)NC4CCC4)n3Cc3ccccc3)n12. The minimum atomic E-state index is -0.00860. The lowest BCUT2D eigenvalue weighted by molar-refractivity contribution is 0.0908. The van der Waals surface area contributed by atoms with Crippen LogP contribution in [0.3, 0.4) is 0 Å². The van der Waals surface area contributed by atoms with Gasteiger partial charge in [-0.3, -0.25) is 9.20 Å². The van der Waals surface area contributed by atoms with Gasteiger partial charge in [-0.25, -0.2) is 0 Å². The normalized spacial score (nSPS) is 14.6. The fourth-order valence-corrected chi connectivity index (χ4v) is 3.78. The number of amides is 1. The van der Waals surface area contributed by atoms with E-state index in [2.05, 4.69) is 32.2 Å². The van der Waals surface area contributed by atoms with E-state index in [9.17, 15) is 4.79 Å². The number of fused-ring (bicyclic) bond motifs is 3. The molecule has 1 aromatic carbocycles. The number of carbonyl (C=O) groups excluding carboxylic acids is 1. The molecule has 3 aromatic heterocycles. The summed E-state index contributed by atoms with van der Waals surface area (Å²) in [7, 11) is 0. The molecule has 1 aliphatic carbocycles. The third kappa shape index (κ3) is 2.68. The highest BCUT2D eigenvalue weighted by atomic mass is 16.2. The van der Waals surface area contributed by atoms with E-state index in [4.69, 9.17) is 0 Å². The molecule has 1 amide bonds. The number of hydrogen-bond donors (Lipinski definition) is 1. The number of nitrogens with zero attached hydrogens (tertiary/aromatic N) is 4. The highest BCUT2D eigenvalue weighted by Crippen LogP contribution is 2.25. The summed E-state index contributed by atoms with van der Waals surface area (Å²) in [6.07, 6.45) is 3.33. The van der Waals surface area contributed by atoms with E-state index < -0.39 is 0 Å². The molecule has 6 nitrogen and oxygen atoms in total. The minimum absolute atomic E-state index is 0.00860. The van der Waals surface area contributed by atoms with Crippen molar-refractivity contribution < 1.29 is 4.79 Å². The molecule has 0 bridgehead atoms. The van der Waals surface area contributed by atoms with Crippen LogP contribution in [-0.2, 0) is 6.54 Å². The number of aromatic nitrogens is 4. The second-order valence-corrected chi connectivity index (χ2v) is 7.25. The Labute approximate surface area is 156 Å². The molecule has 1 fully saturated rings. The van der Waals surface area contributed by atoms with Crippen LogP contribution in [0, 0.1) is 6.92 Å². The van der Waals surface area contributed by atoms with Gasteiger partial charge in [0.15, 0.2) is 5.65 Å². The Bertz CT molecular complexity index is 1140. The zero-order valence-corrected chi connectivity index (χ0v) is 15.2. The number of hydrogen-bond acceptors (Lipinski definition) is 3. The van der Waals surface area contributed by atoms with Gasteiger partial charge in [0.2, 0.25) is 0 Å². The van der Waals surface area contributed by atoms with Gasteiger partial charge in [-0.1, -0.05) is 30.3 Å². The summed E-state index contributed by atoms with van der Waals surface area (Å²) in [4.78, 5) is 13.0. The zero-order chi connectivity index (χ0) is 18.4. The molecule has 1 aliphatic rings. The molecule has 136 valence electrons. The highest BCUT2D eigenvalue weighted by Gasteiger charge is 2.24. The van der Waals surface area contributed by atoms with Gasteiger partial charge < -0.3 is 9.88 Å². The van der Waals surface area contributed by atoms with Crippen molar-refractivity contribution in [1.29, 1.82) is 0 Å². The van der Waals surface area contributed by atoms with Crippen LogP contribution in [0.5, 0.6) is 0 Å². The third-order valence-corrected chi connectivity index (χ3v) is 5.46. The van der Waals surface area contributed by atoms with Gasteiger partial charge in [0, 0.05) is 12.6 Å². The van der Waals surface area contributed by atoms with Crippen molar-refractivity contribution >= 4 is 22.6 Å². The average Bonchev–Trinajstić information content (AvgIpc) is 3.20. The first-order chi connectivity index (χ1) is 13.2. The van der Waals surface area contributed by atoms with Gasteiger partial charge in [-0.05, 0) is 49.9 Å². The summed E-state index contributed by atoms with van der Waals surface area (Å²) >= 11 is 0. The molecule has 1 N–H and O–H groups in total. The Balaban J connectivity index is 1.67. The molecule has 3 heterocycles. The van der Waals surface area contributed by atoms with E-state index >= 15 is 0 Å². The maximum atomic E-state index is 13.0. The van der Waals surface area contributed by atoms with E-state index in [0.29, 0.717) is 18.3 Å². The lowest BCUT2D eigenvalue weighted by Crippen LogP contribution is -2.40. The molecule has 27 heavy (non-hydrogen) atoms. The summed E-state index contributed by atoms with van der Waals surface area (Å²) in [5.41, 5.74) is 4.61. The smallest absolute Gasteiger partial charge is 0.268 e. The summed E-state index contributed by atoms with van der Waals surface area (Å²) in [5.74, 6) is 0.809. The molecule has 5 rings (SSSR count). The number of benzene rings is 1. The average molecular weight is 359 g/mol. The van der Waals surface area contributed by atoms with Gasteiger partial charge in [-0.2, -0.15) is 0 Å². The van der Waals surface area contributed by atoms with Gasteiger partial charge >= 0.3 is 0 Å². The Hall–Kier alpha value is -3.15. The molecule has 1 saturated carbocycles. The van der Waals surface area contributed by atoms with E-state index in [-0.39, 0.29) is 5.91 Å². The summed E-state index contributed by atoms with van der Waals surface area (Å²) in [6, 6.07) is 16.5. The first kappa shape index (κ1) is 16.1. The Morgan fingerprint density at radius 1 is 1.11 bits per heavy atom. The minimum Gasteiger partial charge on any atom is -0.348 e. The fourth-order valence-electron chi connectivity index (χ4n) is 3.78. The predicted octanol–water partition coefficient (Wildman–Crippen LogP) is 3.32. The number of nitrogens with one attached hydrogen (secondary N) is 1. The maximum absolute atomic E-state index is 13.0. The van der Waals surface area contributed by atoms with Crippen LogP contribution in [-0.4, -0.2) is 31.1 Å². The molecule has 0 spiro atoms. The van der Waals surface area contributed by atoms with Gasteiger partial charge in [-0.15, -0.1) is 10.2 Å². The van der Waals surface area contributed by atoms with Crippen LogP contribution in [0.15, 0.2) is 48.5 Å². The molecule has 0 radical (unpaired) electrons. The standard InChI is InChI=1S/C21H21N5O/c1-14-23-24-20-11-10-17-18(26(14)20)12-19(21(27)22-16-8-5-9-16)25(17)13-15-6-3-2-4-7-15/h2-4,6-7,10-12,16H,5,8-9,13H2,1H3,(H,22,27). The maximum Gasteiger partial charge on any atom is 0.268 e. The Kier molecular flexibility index (Phi) is 3.70. The first-order valence-corrected chi connectivity index (χ1v) is 9.39. The van der Waals surface area contributed by atoms with E-state index in [0.717, 1.165) is 40.9 Å². The number of carbonyl (C=O) groups is 1. The second kappa shape index (κ2) is 6.23. The molecule has 6 heteroatoms. The molecule has 0 saturated heterocycles.